The van der Waals surface area contributed by atoms with Crippen LogP contribution in [0.2, 0.25) is 0 Å². The van der Waals surface area contributed by atoms with Gasteiger partial charge in [-0.2, -0.15) is 0 Å². The quantitative estimate of drug-likeness (QED) is 0.612. The smallest absolute Gasteiger partial charge is 0.351 e. The zero-order valence-corrected chi connectivity index (χ0v) is 15.9. The molecule has 2 aromatic rings. The number of esters is 1. The average Bonchev–Trinajstić information content (AvgIpc) is 2.75. The summed E-state index contributed by atoms with van der Waals surface area (Å²) < 4.78 is 16.9. The van der Waals surface area contributed by atoms with Gasteiger partial charge in [0.2, 0.25) is 0 Å². The van der Waals surface area contributed by atoms with Crippen LogP contribution in [0.25, 0.3) is 0 Å². The molecule has 1 unspecified atom stereocenters. The number of methoxy groups -OCH3 is 1. The maximum Gasteiger partial charge on any atom is 0.351 e. The highest BCUT2D eigenvalue weighted by Gasteiger charge is 2.31. The van der Waals surface area contributed by atoms with E-state index in [0.717, 1.165) is 5.56 Å². The fourth-order valence-corrected chi connectivity index (χ4v) is 3.30. The topological polar surface area (TPSA) is 85.2 Å². The lowest BCUT2D eigenvalue weighted by atomic mass is 9.96. The van der Waals surface area contributed by atoms with Gasteiger partial charge in [0.05, 0.1) is 19.8 Å². The highest BCUT2D eigenvalue weighted by atomic mass is 16.6. The van der Waals surface area contributed by atoms with Gasteiger partial charge in [-0.05, 0) is 49.1 Å². The second-order valence-corrected chi connectivity index (χ2v) is 7.11. The molecule has 1 aliphatic rings. The Bertz CT molecular complexity index is 871. The van der Waals surface area contributed by atoms with Crippen molar-refractivity contribution in [2.75, 3.05) is 7.11 Å². The SMILES string of the molecule is COc1c(C(O)CC(C)C)ccc2c1C(=O)Oc1cc(C)cc(CO)c1O2. The van der Waals surface area contributed by atoms with Crippen molar-refractivity contribution < 1.29 is 29.2 Å². The van der Waals surface area contributed by atoms with E-state index in [4.69, 9.17) is 14.2 Å². The van der Waals surface area contributed by atoms with Crippen LogP contribution in [0.1, 0.15) is 53.4 Å². The number of hydrogen-bond donors (Lipinski definition) is 2. The monoisotopic (exact) mass is 372 g/mol. The van der Waals surface area contributed by atoms with Crippen LogP contribution in [-0.4, -0.2) is 23.3 Å². The van der Waals surface area contributed by atoms with Crippen LogP contribution >= 0.6 is 0 Å². The van der Waals surface area contributed by atoms with E-state index in [9.17, 15) is 15.0 Å². The van der Waals surface area contributed by atoms with Crippen LogP contribution < -0.4 is 14.2 Å². The van der Waals surface area contributed by atoms with Crippen LogP contribution in [0.4, 0.5) is 0 Å². The summed E-state index contributed by atoms with van der Waals surface area (Å²) >= 11 is 0. The van der Waals surface area contributed by atoms with Crippen molar-refractivity contribution in [2.24, 2.45) is 5.92 Å². The van der Waals surface area contributed by atoms with Crippen molar-refractivity contribution in [3.8, 4) is 23.0 Å². The number of aliphatic hydroxyl groups excluding tert-OH is 2. The van der Waals surface area contributed by atoms with Crippen LogP contribution in [0.3, 0.4) is 0 Å². The minimum Gasteiger partial charge on any atom is -0.495 e. The van der Waals surface area contributed by atoms with Gasteiger partial charge in [0, 0.05) is 11.1 Å². The van der Waals surface area contributed by atoms with E-state index in [2.05, 4.69) is 0 Å². The van der Waals surface area contributed by atoms with Gasteiger partial charge >= 0.3 is 5.97 Å². The van der Waals surface area contributed by atoms with Crippen LogP contribution in [0.5, 0.6) is 23.0 Å². The van der Waals surface area contributed by atoms with E-state index in [1.165, 1.54) is 7.11 Å². The van der Waals surface area contributed by atoms with Crippen molar-refractivity contribution in [1.82, 2.24) is 0 Å². The summed E-state index contributed by atoms with van der Waals surface area (Å²) in [4.78, 5) is 12.8. The van der Waals surface area contributed by atoms with Crippen molar-refractivity contribution in [1.29, 1.82) is 0 Å². The number of benzene rings is 2. The molecule has 0 fully saturated rings. The van der Waals surface area contributed by atoms with Gasteiger partial charge < -0.3 is 24.4 Å². The molecule has 1 atom stereocenters. The zero-order chi connectivity index (χ0) is 19.7. The first-order valence-corrected chi connectivity index (χ1v) is 8.89. The molecule has 0 aromatic heterocycles. The minimum absolute atomic E-state index is 0.121. The highest BCUT2D eigenvalue weighted by molar-refractivity contribution is 5.98. The summed E-state index contributed by atoms with van der Waals surface area (Å²) in [5, 5.41) is 20.2. The Morgan fingerprint density at radius 2 is 1.89 bits per heavy atom. The van der Waals surface area contributed by atoms with Gasteiger partial charge in [-0.15, -0.1) is 0 Å². The Morgan fingerprint density at radius 3 is 2.52 bits per heavy atom. The molecule has 2 N–H and O–H groups in total. The first-order chi connectivity index (χ1) is 12.8. The molecule has 0 amide bonds. The first-order valence-electron chi connectivity index (χ1n) is 8.89. The third kappa shape index (κ3) is 3.63. The molecular formula is C21H24O6. The molecular weight excluding hydrogens is 348 g/mol. The molecule has 6 nitrogen and oxygen atoms in total. The predicted molar refractivity (Wildman–Crippen MR) is 99.5 cm³/mol. The second-order valence-electron chi connectivity index (χ2n) is 7.11. The largest absolute Gasteiger partial charge is 0.495 e. The summed E-state index contributed by atoms with van der Waals surface area (Å²) in [6.07, 6.45) is -0.252. The first kappa shape index (κ1) is 19.2. The lowest BCUT2D eigenvalue weighted by Gasteiger charge is -2.19. The molecule has 0 aliphatic carbocycles. The molecule has 0 radical (unpaired) electrons. The molecule has 144 valence electrons. The highest BCUT2D eigenvalue weighted by Crippen LogP contribution is 2.45. The van der Waals surface area contributed by atoms with Crippen molar-refractivity contribution >= 4 is 5.97 Å². The molecule has 0 saturated heterocycles. The zero-order valence-electron chi connectivity index (χ0n) is 15.9. The van der Waals surface area contributed by atoms with Gasteiger partial charge in [-0.25, -0.2) is 4.79 Å². The van der Waals surface area contributed by atoms with E-state index in [1.54, 1.807) is 24.3 Å². The lowest BCUT2D eigenvalue weighted by Crippen LogP contribution is -2.12. The van der Waals surface area contributed by atoms with E-state index >= 15 is 0 Å². The summed E-state index contributed by atoms with van der Waals surface area (Å²) in [6, 6.07) is 6.76. The standard InChI is InChI=1S/C21H24O6/c1-11(2)7-15(23)14-5-6-16-18(20(14)25-4)21(24)27-17-9-12(3)8-13(10-22)19(17)26-16/h5-6,8-9,11,15,22-23H,7,10H2,1-4H3. The van der Waals surface area contributed by atoms with E-state index in [0.29, 0.717) is 23.3 Å². The molecule has 27 heavy (non-hydrogen) atoms. The molecule has 0 spiro atoms. The number of aryl methyl sites for hydroxylation is 1. The number of carbonyl (C=O) groups excluding carboxylic acids is 1. The average molecular weight is 372 g/mol. The fourth-order valence-electron chi connectivity index (χ4n) is 3.30. The van der Waals surface area contributed by atoms with Crippen molar-refractivity contribution in [3.05, 3.63) is 46.5 Å². The Labute approximate surface area is 158 Å². The van der Waals surface area contributed by atoms with E-state index in [-0.39, 0.29) is 35.3 Å². The second kappa shape index (κ2) is 7.58. The van der Waals surface area contributed by atoms with Gasteiger partial charge in [0.25, 0.3) is 0 Å². The number of ether oxygens (including phenoxy) is 3. The van der Waals surface area contributed by atoms with Gasteiger partial charge in [-0.1, -0.05) is 13.8 Å². The molecule has 0 saturated carbocycles. The van der Waals surface area contributed by atoms with Crippen molar-refractivity contribution in [2.45, 2.75) is 39.9 Å². The Balaban J connectivity index is 2.14. The van der Waals surface area contributed by atoms with Gasteiger partial charge in [-0.3, -0.25) is 0 Å². The predicted octanol–water partition coefficient (Wildman–Crippen LogP) is 3.90. The van der Waals surface area contributed by atoms with Crippen molar-refractivity contribution in [3.63, 3.8) is 0 Å². The summed E-state index contributed by atoms with van der Waals surface area (Å²) in [7, 11) is 1.44. The third-order valence-electron chi connectivity index (χ3n) is 4.47. The number of aliphatic hydroxyl groups is 2. The minimum atomic E-state index is -0.779. The fraction of sp³-hybridized carbons (Fsp3) is 0.381. The van der Waals surface area contributed by atoms with E-state index in [1.807, 2.05) is 20.8 Å². The van der Waals surface area contributed by atoms with Crippen LogP contribution in [-0.2, 0) is 6.61 Å². The molecule has 0 bridgehead atoms. The number of fused-ring (bicyclic) bond motifs is 2. The third-order valence-corrected chi connectivity index (χ3v) is 4.47. The lowest BCUT2D eigenvalue weighted by molar-refractivity contribution is 0.0733. The summed E-state index contributed by atoms with van der Waals surface area (Å²) in [6.45, 7) is 5.60. The number of rotatable bonds is 5. The van der Waals surface area contributed by atoms with Crippen LogP contribution in [0.15, 0.2) is 24.3 Å². The Kier molecular flexibility index (Phi) is 5.39. The maximum atomic E-state index is 12.8. The molecule has 6 heteroatoms. The van der Waals surface area contributed by atoms with Gasteiger partial charge in [0.15, 0.2) is 11.5 Å². The van der Waals surface area contributed by atoms with E-state index < -0.39 is 12.1 Å². The normalized spacial score (nSPS) is 14.0. The van der Waals surface area contributed by atoms with Gasteiger partial charge in [0.1, 0.15) is 17.1 Å². The maximum absolute atomic E-state index is 12.8. The number of carbonyl (C=O) groups is 1. The molecule has 3 rings (SSSR count). The molecule has 1 heterocycles. The Hall–Kier alpha value is -2.57. The van der Waals surface area contributed by atoms with Crippen LogP contribution in [0, 0.1) is 12.8 Å². The molecule has 2 aromatic carbocycles. The summed E-state index contributed by atoms with van der Waals surface area (Å²) in [5.74, 6) is 0.675. The molecule has 1 aliphatic heterocycles. The summed E-state index contributed by atoms with van der Waals surface area (Å²) in [5.41, 5.74) is 1.99. The Morgan fingerprint density at radius 1 is 1.15 bits per heavy atom. The number of hydrogen-bond acceptors (Lipinski definition) is 6.